The number of hydrogen-bond donors (Lipinski definition) is 1. The minimum absolute atomic E-state index is 0.235. The van der Waals surface area contributed by atoms with E-state index in [0.29, 0.717) is 6.04 Å². The molecule has 0 radical (unpaired) electrons. The number of nitrogens with zero attached hydrogens (tertiary/aromatic N) is 1. The van der Waals surface area contributed by atoms with Gasteiger partial charge in [0.1, 0.15) is 5.76 Å². The van der Waals surface area contributed by atoms with Crippen molar-refractivity contribution in [1.29, 1.82) is 0 Å². The summed E-state index contributed by atoms with van der Waals surface area (Å²) in [5.41, 5.74) is 0. The highest BCUT2D eigenvalue weighted by molar-refractivity contribution is 5.66. The molecule has 100 valence electrons. The van der Waals surface area contributed by atoms with Crippen LogP contribution in [0, 0.1) is 0 Å². The monoisotopic (exact) mass is 251 g/mol. The third-order valence-electron chi connectivity index (χ3n) is 3.82. The summed E-state index contributed by atoms with van der Waals surface area (Å²) >= 11 is 0. The Morgan fingerprint density at radius 1 is 1.61 bits per heavy atom. The van der Waals surface area contributed by atoms with Crippen LogP contribution in [0.25, 0.3) is 0 Å². The van der Waals surface area contributed by atoms with Gasteiger partial charge in [0.15, 0.2) is 0 Å². The van der Waals surface area contributed by atoms with E-state index in [-0.39, 0.29) is 12.5 Å². The molecule has 0 aliphatic carbocycles. The van der Waals surface area contributed by atoms with Crippen molar-refractivity contribution >= 4 is 5.97 Å². The Balaban J connectivity index is 2.00. The number of rotatable bonds is 5. The van der Waals surface area contributed by atoms with Crippen LogP contribution in [0.4, 0.5) is 0 Å². The number of aliphatic carboxylic acids is 1. The second-order valence-corrected chi connectivity index (χ2v) is 5.01. The van der Waals surface area contributed by atoms with Crippen LogP contribution in [0.1, 0.15) is 50.8 Å². The van der Waals surface area contributed by atoms with Crippen LogP contribution >= 0.6 is 0 Å². The molecule has 2 heterocycles. The van der Waals surface area contributed by atoms with Crippen LogP contribution in [0.15, 0.2) is 22.8 Å². The maximum absolute atomic E-state index is 10.7. The number of carboxylic acid groups (broad SMARTS) is 1. The second kappa shape index (κ2) is 6.05. The van der Waals surface area contributed by atoms with E-state index in [1.165, 1.54) is 12.8 Å². The summed E-state index contributed by atoms with van der Waals surface area (Å²) in [6.07, 6.45) is 6.17. The fourth-order valence-corrected chi connectivity index (χ4v) is 2.83. The van der Waals surface area contributed by atoms with E-state index < -0.39 is 5.97 Å². The first kappa shape index (κ1) is 13.1. The molecule has 0 saturated carbocycles. The Bertz CT molecular complexity index is 374. The smallest absolute Gasteiger partial charge is 0.303 e. The molecule has 1 aromatic rings. The molecule has 2 unspecified atom stereocenters. The van der Waals surface area contributed by atoms with E-state index in [9.17, 15) is 4.79 Å². The summed E-state index contributed by atoms with van der Waals surface area (Å²) in [6.45, 7) is 3.17. The fourth-order valence-electron chi connectivity index (χ4n) is 2.83. The van der Waals surface area contributed by atoms with Crippen LogP contribution in [0.5, 0.6) is 0 Å². The molecule has 1 aromatic heterocycles. The van der Waals surface area contributed by atoms with E-state index in [2.05, 4.69) is 11.8 Å². The van der Waals surface area contributed by atoms with E-state index in [4.69, 9.17) is 9.52 Å². The molecule has 1 saturated heterocycles. The number of carboxylic acids is 1. The fraction of sp³-hybridized carbons (Fsp3) is 0.643. The highest BCUT2D eigenvalue weighted by Crippen LogP contribution is 2.30. The van der Waals surface area contributed by atoms with Crippen LogP contribution in [0.3, 0.4) is 0 Å². The lowest BCUT2D eigenvalue weighted by molar-refractivity contribution is -0.137. The Labute approximate surface area is 108 Å². The van der Waals surface area contributed by atoms with E-state index >= 15 is 0 Å². The maximum Gasteiger partial charge on any atom is 0.303 e. The molecule has 2 atom stereocenters. The Morgan fingerprint density at radius 2 is 2.44 bits per heavy atom. The third-order valence-corrected chi connectivity index (χ3v) is 3.82. The van der Waals surface area contributed by atoms with Gasteiger partial charge in [-0.25, -0.2) is 0 Å². The molecule has 0 bridgehead atoms. The summed E-state index contributed by atoms with van der Waals surface area (Å²) in [5, 5.41) is 8.82. The number of carbonyl (C=O) groups is 1. The van der Waals surface area contributed by atoms with Gasteiger partial charge in [-0.3, -0.25) is 9.69 Å². The summed E-state index contributed by atoms with van der Waals surface area (Å²) in [6, 6.07) is 4.50. The zero-order valence-corrected chi connectivity index (χ0v) is 10.8. The Hall–Kier alpha value is -1.29. The van der Waals surface area contributed by atoms with E-state index in [0.717, 1.165) is 25.1 Å². The molecule has 0 aromatic carbocycles. The first-order valence-electron chi connectivity index (χ1n) is 6.69. The van der Waals surface area contributed by atoms with Crippen molar-refractivity contribution in [3.05, 3.63) is 24.2 Å². The van der Waals surface area contributed by atoms with Gasteiger partial charge in [0.2, 0.25) is 0 Å². The predicted octanol–water partition coefficient (Wildman–Crippen LogP) is 3.06. The lowest BCUT2D eigenvalue weighted by Crippen LogP contribution is -2.41. The van der Waals surface area contributed by atoms with Crippen LogP contribution in [0.2, 0.25) is 0 Å². The van der Waals surface area contributed by atoms with Gasteiger partial charge in [-0.1, -0.05) is 6.42 Å². The van der Waals surface area contributed by atoms with Gasteiger partial charge in [0, 0.05) is 12.5 Å². The van der Waals surface area contributed by atoms with Gasteiger partial charge in [0.05, 0.1) is 12.3 Å². The Kier molecular flexibility index (Phi) is 4.42. The molecule has 1 aliphatic rings. The zero-order valence-electron chi connectivity index (χ0n) is 10.8. The van der Waals surface area contributed by atoms with Crippen molar-refractivity contribution in [2.24, 2.45) is 0 Å². The summed E-state index contributed by atoms with van der Waals surface area (Å²) in [7, 11) is 0. The quantitative estimate of drug-likeness (QED) is 0.873. The largest absolute Gasteiger partial charge is 0.481 e. The van der Waals surface area contributed by atoms with Crippen molar-refractivity contribution in [2.75, 3.05) is 6.54 Å². The van der Waals surface area contributed by atoms with Crippen molar-refractivity contribution in [3.8, 4) is 0 Å². The predicted molar refractivity (Wildman–Crippen MR) is 68.3 cm³/mol. The maximum atomic E-state index is 10.7. The lowest BCUT2D eigenvalue weighted by Gasteiger charge is -2.39. The van der Waals surface area contributed by atoms with Crippen molar-refractivity contribution in [3.63, 3.8) is 0 Å². The zero-order chi connectivity index (χ0) is 13.0. The summed E-state index contributed by atoms with van der Waals surface area (Å²) in [4.78, 5) is 13.1. The van der Waals surface area contributed by atoms with Crippen molar-refractivity contribution in [1.82, 2.24) is 4.90 Å². The minimum Gasteiger partial charge on any atom is -0.481 e. The molecule has 18 heavy (non-hydrogen) atoms. The van der Waals surface area contributed by atoms with Crippen LogP contribution in [-0.4, -0.2) is 28.6 Å². The summed E-state index contributed by atoms with van der Waals surface area (Å²) < 4.78 is 5.46. The van der Waals surface area contributed by atoms with E-state index in [1.54, 1.807) is 6.26 Å². The average molecular weight is 251 g/mol. The molecule has 2 rings (SSSR count). The van der Waals surface area contributed by atoms with Crippen molar-refractivity contribution in [2.45, 2.75) is 51.1 Å². The molecule has 4 nitrogen and oxygen atoms in total. The molecule has 0 amide bonds. The molecule has 4 heteroatoms. The Morgan fingerprint density at radius 3 is 3.11 bits per heavy atom. The molecule has 1 aliphatic heterocycles. The standard InChI is InChI=1S/C14H21NO3/c1-11(13-6-4-10-18-13)15-9-3-2-5-12(15)7-8-14(16)17/h4,6,10-12H,2-3,5,7-9H2,1H3,(H,16,17). The first-order valence-corrected chi connectivity index (χ1v) is 6.69. The van der Waals surface area contributed by atoms with Gasteiger partial charge in [0.25, 0.3) is 0 Å². The highest BCUT2D eigenvalue weighted by Gasteiger charge is 2.28. The number of likely N-dealkylation sites (tertiary alicyclic amines) is 1. The van der Waals surface area contributed by atoms with E-state index in [1.807, 2.05) is 12.1 Å². The SMILES string of the molecule is CC(c1ccco1)N1CCCCC1CCC(=O)O. The highest BCUT2D eigenvalue weighted by atomic mass is 16.4. The first-order chi connectivity index (χ1) is 8.68. The lowest BCUT2D eigenvalue weighted by atomic mass is 9.95. The molecular weight excluding hydrogens is 230 g/mol. The normalized spacial score (nSPS) is 22.8. The number of furan rings is 1. The van der Waals surface area contributed by atoms with Gasteiger partial charge < -0.3 is 9.52 Å². The molecule has 0 spiro atoms. The average Bonchev–Trinajstić information content (AvgIpc) is 2.89. The topological polar surface area (TPSA) is 53.7 Å². The number of piperidine rings is 1. The van der Waals surface area contributed by atoms with Crippen LogP contribution in [-0.2, 0) is 4.79 Å². The van der Waals surface area contributed by atoms with Gasteiger partial charge in [-0.15, -0.1) is 0 Å². The molecule has 1 fully saturated rings. The van der Waals surface area contributed by atoms with Gasteiger partial charge in [-0.05, 0) is 44.9 Å². The van der Waals surface area contributed by atoms with Crippen molar-refractivity contribution < 1.29 is 14.3 Å². The third kappa shape index (κ3) is 3.13. The number of hydrogen-bond acceptors (Lipinski definition) is 3. The van der Waals surface area contributed by atoms with Crippen LogP contribution < -0.4 is 0 Å². The summed E-state index contributed by atoms with van der Waals surface area (Å²) in [5.74, 6) is 0.267. The molecular formula is C14H21NO3. The van der Waals surface area contributed by atoms with Gasteiger partial charge >= 0.3 is 5.97 Å². The minimum atomic E-state index is -0.703. The second-order valence-electron chi connectivity index (χ2n) is 5.01. The van der Waals surface area contributed by atoms with Gasteiger partial charge in [-0.2, -0.15) is 0 Å². The molecule has 1 N–H and O–H groups in total.